The molecule has 0 saturated carbocycles. The number of aromatic nitrogens is 1. The van der Waals surface area contributed by atoms with Gasteiger partial charge in [0.15, 0.2) is 0 Å². The first kappa shape index (κ1) is 14.5. The average molecular weight is 326 g/mol. The topological polar surface area (TPSA) is 117 Å². The lowest BCUT2D eigenvalue weighted by Crippen LogP contribution is -2.58. The van der Waals surface area contributed by atoms with Gasteiger partial charge in [-0.15, -0.1) is 0 Å². The lowest BCUT2D eigenvalue weighted by atomic mass is 9.89. The highest BCUT2D eigenvalue weighted by Crippen LogP contribution is 2.33. The lowest BCUT2D eigenvalue weighted by Gasteiger charge is -2.38. The Morgan fingerprint density at radius 3 is 2.86 bits per heavy atom. The fourth-order valence-corrected chi connectivity index (χ4v) is 3.00. The second kappa shape index (κ2) is 5.09. The van der Waals surface area contributed by atoms with Gasteiger partial charge in [0.05, 0.1) is 16.5 Å². The van der Waals surface area contributed by atoms with Crippen LogP contribution in [-0.2, 0) is 4.79 Å². The van der Waals surface area contributed by atoms with Crippen molar-refractivity contribution >= 4 is 35.0 Å². The highest BCUT2D eigenvalue weighted by atomic mass is 35.5. The van der Waals surface area contributed by atoms with E-state index in [0.29, 0.717) is 19.4 Å². The molecule has 9 nitrogen and oxygen atoms in total. The minimum absolute atomic E-state index is 0.125. The van der Waals surface area contributed by atoms with Crippen LogP contribution in [0.1, 0.15) is 12.8 Å². The molecule has 22 heavy (non-hydrogen) atoms. The first-order chi connectivity index (χ1) is 10.4. The molecule has 2 aliphatic heterocycles. The van der Waals surface area contributed by atoms with E-state index in [0.717, 1.165) is 0 Å². The number of nitrogens with zero attached hydrogens (tertiary/aromatic N) is 3. The highest BCUT2D eigenvalue weighted by Gasteiger charge is 2.49. The molecule has 2 fully saturated rings. The molecule has 3 heterocycles. The summed E-state index contributed by atoms with van der Waals surface area (Å²) in [5.41, 5.74) is -1.29. The maximum absolute atomic E-state index is 12.0. The fourth-order valence-electron chi connectivity index (χ4n) is 2.85. The summed E-state index contributed by atoms with van der Waals surface area (Å²) in [6.45, 7) is 0.625. The van der Waals surface area contributed by atoms with Gasteiger partial charge in [-0.3, -0.25) is 20.2 Å². The second-order valence-corrected chi connectivity index (χ2v) is 5.71. The number of nitro groups is 1. The van der Waals surface area contributed by atoms with Gasteiger partial charge in [0.1, 0.15) is 5.54 Å². The number of hydrogen-bond donors (Lipinski definition) is 2. The third-order valence-electron chi connectivity index (χ3n) is 3.82. The van der Waals surface area contributed by atoms with Crippen LogP contribution in [0.4, 0.5) is 16.3 Å². The van der Waals surface area contributed by atoms with Crippen LogP contribution in [0.2, 0.25) is 5.02 Å². The molecular formula is C12H12ClN5O4. The summed E-state index contributed by atoms with van der Waals surface area (Å²) in [6.07, 6.45) is 2.39. The number of halogens is 1. The van der Waals surface area contributed by atoms with Gasteiger partial charge in [0.2, 0.25) is 5.82 Å². The van der Waals surface area contributed by atoms with Gasteiger partial charge in [-0.05, 0) is 12.8 Å². The summed E-state index contributed by atoms with van der Waals surface area (Å²) >= 11 is 5.76. The van der Waals surface area contributed by atoms with Gasteiger partial charge in [0, 0.05) is 18.8 Å². The zero-order chi connectivity index (χ0) is 15.9. The van der Waals surface area contributed by atoms with E-state index < -0.39 is 22.4 Å². The molecule has 1 aromatic heterocycles. The first-order valence-electron chi connectivity index (χ1n) is 6.60. The molecule has 3 rings (SSSR count). The van der Waals surface area contributed by atoms with E-state index in [-0.39, 0.29) is 23.1 Å². The minimum Gasteiger partial charge on any atom is -0.348 e. The average Bonchev–Trinajstić information content (AvgIpc) is 2.72. The summed E-state index contributed by atoms with van der Waals surface area (Å²) in [7, 11) is 0. The second-order valence-electron chi connectivity index (χ2n) is 5.27. The van der Waals surface area contributed by atoms with Gasteiger partial charge in [0.25, 0.3) is 5.91 Å². The number of nitrogens with one attached hydrogen (secondary N) is 2. The van der Waals surface area contributed by atoms with Gasteiger partial charge in [-0.2, -0.15) is 0 Å². The van der Waals surface area contributed by atoms with E-state index in [9.17, 15) is 19.7 Å². The molecule has 10 heteroatoms. The molecule has 0 radical (unpaired) electrons. The molecule has 2 N–H and O–H groups in total. The predicted molar refractivity (Wildman–Crippen MR) is 76.8 cm³/mol. The molecule has 1 spiro atoms. The Labute approximate surface area is 129 Å². The van der Waals surface area contributed by atoms with Crippen LogP contribution in [-0.4, -0.2) is 40.5 Å². The van der Waals surface area contributed by atoms with Gasteiger partial charge >= 0.3 is 11.7 Å². The van der Waals surface area contributed by atoms with Crippen LogP contribution >= 0.6 is 11.6 Å². The maximum Gasteiger partial charge on any atom is 0.322 e. The van der Waals surface area contributed by atoms with Crippen LogP contribution in [0, 0.1) is 10.1 Å². The fraction of sp³-hybridized carbons (Fsp3) is 0.417. The van der Waals surface area contributed by atoms with Gasteiger partial charge < -0.3 is 10.2 Å². The van der Waals surface area contributed by atoms with Crippen molar-refractivity contribution < 1.29 is 14.5 Å². The molecule has 2 aliphatic rings. The van der Waals surface area contributed by atoms with E-state index in [1.807, 2.05) is 0 Å². The van der Waals surface area contributed by atoms with E-state index in [1.54, 1.807) is 4.90 Å². The molecule has 0 aliphatic carbocycles. The zero-order valence-corrected chi connectivity index (χ0v) is 12.1. The van der Waals surface area contributed by atoms with Gasteiger partial charge in [-0.1, -0.05) is 11.6 Å². The molecular weight excluding hydrogens is 314 g/mol. The van der Waals surface area contributed by atoms with Crippen molar-refractivity contribution in [3.63, 3.8) is 0 Å². The van der Waals surface area contributed by atoms with Crippen molar-refractivity contribution in [2.24, 2.45) is 0 Å². The Morgan fingerprint density at radius 2 is 2.23 bits per heavy atom. The number of imide groups is 1. The lowest BCUT2D eigenvalue weighted by molar-refractivity contribution is -0.384. The Morgan fingerprint density at radius 1 is 1.45 bits per heavy atom. The van der Waals surface area contributed by atoms with Crippen molar-refractivity contribution in [1.82, 2.24) is 15.6 Å². The Hall–Kier alpha value is -2.42. The normalized spacial score (nSPS) is 24.3. The van der Waals surface area contributed by atoms with Crippen molar-refractivity contribution in [2.45, 2.75) is 18.4 Å². The number of pyridine rings is 1. The highest BCUT2D eigenvalue weighted by molar-refractivity contribution is 6.30. The van der Waals surface area contributed by atoms with Crippen molar-refractivity contribution in [1.29, 1.82) is 0 Å². The molecule has 0 bridgehead atoms. The molecule has 1 unspecified atom stereocenters. The summed E-state index contributed by atoms with van der Waals surface area (Å²) in [5.74, 6) is -0.277. The van der Waals surface area contributed by atoms with Crippen LogP contribution in [0.15, 0.2) is 12.3 Å². The standard InChI is InChI=1S/C12H12ClN5O4/c13-7-4-8(18(21)22)9(14-5-7)17-3-1-2-12(6-17)10(19)15-11(20)16-12/h4-5H,1-3,6H2,(H2,15,16,19,20). The predicted octanol–water partition coefficient (Wildman–Crippen LogP) is 0.822. The van der Waals surface area contributed by atoms with Crippen LogP contribution in [0.5, 0.6) is 0 Å². The molecule has 3 amide bonds. The number of carbonyl (C=O) groups excluding carboxylic acids is 2. The van der Waals surface area contributed by atoms with E-state index in [2.05, 4.69) is 15.6 Å². The molecule has 0 aromatic carbocycles. The zero-order valence-electron chi connectivity index (χ0n) is 11.3. The number of rotatable bonds is 2. The smallest absolute Gasteiger partial charge is 0.322 e. The first-order valence-corrected chi connectivity index (χ1v) is 6.97. The van der Waals surface area contributed by atoms with Crippen molar-refractivity contribution in [3.8, 4) is 0 Å². The monoisotopic (exact) mass is 325 g/mol. The molecule has 1 aromatic rings. The van der Waals surface area contributed by atoms with Crippen molar-refractivity contribution in [3.05, 3.63) is 27.4 Å². The Kier molecular flexibility index (Phi) is 3.36. The van der Waals surface area contributed by atoms with Crippen LogP contribution < -0.4 is 15.5 Å². The van der Waals surface area contributed by atoms with E-state index in [1.165, 1.54) is 12.3 Å². The van der Waals surface area contributed by atoms with Crippen LogP contribution in [0.25, 0.3) is 0 Å². The molecule has 1 atom stereocenters. The van der Waals surface area contributed by atoms with E-state index in [4.69, 9.17) is 11.6 Å². The summed E-state index contributed by atoms with van der Waals surface area (Å²) in [4.78, 5) is 39.7. The summed E-state index contributed by atoms with van der Waals surface area (Å²) in [6, 6.07) is 0.670. The van der Waals surface area contributed by atoms with Gasteiger partial charge in [-0.25, -0.2) is 9.78 Å². The van der Waals surface area contributed by atoms with Crippen LogP contribution in [0.3, 0.4) is 0 Å². The number of hydrogen-bond acceptors (Lipinski definition) is 6. The summed E-state index contributed by atoms with van der Waals surface area (Å²) < 4.78 is 0. The number of amides is 3. The number of piperidine rings is 1. The Balaban J connectivity index is 1.95. The molecule has 2 saturated heterocycles. The minimum atomic E-state index is -1.06. The van der Waals surface area contributed by atoms with E-state index >= 15 is 0 Å². The number of urea groups is 1. The quantitative estimate of drug-likeness (QED) is 0.472. The largest absolute Gasteiger partial charge is 0.348 e. The SMILES string of the molecule is O=C1NC(=O)C2(CCCN(c3ncc(Cl)cc3[N+](=O)[O-])C2)N1. The Bertz CT molecular complexity index is 681. The van der Waals surface area contributed by atoms with Crippen molar-refractivity contribution in [2.75, 3.05) is 18.0 Å². The third-order valence-corrected chi connectivity index (χ3v) is 4.02. The summed E-state index contributed by atoms with van der Waals surface area (Å²) in [5, 5.41) is 16.2. The number of carbonyl (C=O) groups is 2. The molecule has 116 valence electrons. The number of anilines is 1. The third kappa shape index (κ3) is 2.33. The maximum atomic E-state index is 12.0.